The molecule has 0 spiro atoms. The highest BCUT2D eigenvalue weighted by Gasteiger charge is 1.90. The maximum absolute atomic E-state index is 5.49. The summed E-state index contributed by atoms with van der Waals surface area (Å²) in [5.74, 6) is 6.58. The van der Waals surface area contributed by atoms with Gasteiger partial charge in [0.05, 0.1) is 0 Å². The molecule has 0 fully saturated rings. The summed E-state index contributed by atoms with van der Waals surface area (Å²) in [5.41, 5.74) is 2.15. The Hall–Kier alpha value is -1.00. The Balaban J connectivity index is 2.77. The number of aryl methyl sites for hydroxylation is 1. The number of rotatable bonds is 1. The van der Waals surface area contributed by atoms with Crippen molar-refractivity contribution in [1.82, 2.24) is 4.98 Å². The van der Waals surface area contributed by atoms with Gasteiger partial charge in [-0.05, 0) is 18.6 Å². The van der Waals surface area contributed by atoms with Gasteiger partial charge in [0.25, 0.3) is 0 Å². The van der Waals surface area contributed by atoms with Crippen LogP contribution in [-0.2, 0) is 0 Å². The highest BCUT2D eigenvalue weighted by atomic mass is 35.5. The van der Waals surface area contributed by atoms with E-state index in [1.54, 1.807) is 12.4 Å². The number of hydrogen-bond donors (Lipinski definition) is 0. The van der Waals surface area contributed by atoms with Gasteiger partial charge in [-0.1, -0.05) is 11.8 Å². The van der Waals surface area contributed by atoms with E-state index in [1.807, 2.05) is 13.0 Å². The average Bonchev–Trinajstić information content (AvgIpc) is 2.09. The predicted octanol–water partition coefficient (Wildman–Crippen LogP) is 2.37. The first-order chi connectivity index (χ1) is 5.84. The van der Waals surface area contributed by atoms with Gasteiger partial charge in [-0.15, -0.1) is 11.6 Å². The van der Waals surface area contributed by atoms with Gasteiger partial charge in [0.15, 0.2) is 0 Å². The second kappa shape index (κ2) is 4.79. The molecule has 0 aliphatic rings. The Morgan fingerprint density at radius 3 is 3.08 bits per heavy atom. The number of hydrogen-bond acceptors (Lipinski definition) is 1. The standard InChI is InChI=1S/C10H10ClN/c1-9-5-7-12-8-10(9)4-2-3-6-11/h5,7-8H,3,6H2,1H3. The number of nitrogens with zero attached hydrogens (tertiary/aromatic N) is 1. The Bertz CT molecular complexity index is 309. The summed E-state index contributed by atoms with van der Waals surface area (Å²) in [6, 6.07) is 1.95. The van der Waals surface area contributed by atoms with Crippen molar-refractivity contribution in [2.75, 3.05) is 5.88 Å². The molecule has 1 aromatic heterocycles. The van der Waals surface area contributed by atoms with Crippen LogP contribution in [0, 0.1) is 18.8 Å². The maximum atomic E-state index is 5.49. The van der Waals surface area contributed by atoms with E-state index < -0.39 is 0 Å². The van der Waals surface area contributed by atoms with E-state index in [4.69, 9.17) is 11.6 Å². The quantitative estimate of drug-likeness (QED) is 0.477. The molecule has 1 heterocycles. The van der Waals surface area contributed by atoms with E-state index in [9.17, 15) is 0 Å². The van der Waals surface area contributed by atoms with E-state index in [2.05, 4.69) is 16.8 Å². The molecule has 0 aliphatic carbocycles. The molecule has 0 aromatic carbocycles. The third-order valence-electron chi connectivity index (χ3n) is 1.48. The molecule has 0 saturated carbocycles. The Morgan fingerprint density at radius 1 is 1.58 bits per heavy atom. The van der Waals surface area contributed by atoms with Crippen LogP contribution in [0.15, 0.2) is 18.5 Å². The van der Waals surface area contributed by atoms with Crippen molar-refractivity contribution >= 4 is 11.6 Å². The molecule has 1 nitrogen and oxygen atoms in total. The minimum absolute atomic E-state index is 0.590. The zero-order valence-corrected chi connectivity index (χ0v) is 7.73. The van der Waals surface area contributed by atoms with Gasteiger partial charge >= 0.3 is 0 Å². The fourth-order valence-electron chi connectivity index (χ4n) is 0.800. The molecule has 0 N–H and O–H groups in total. The molecule has 0 radical (unpaired) electrons. The molecular formula is C10H10ClN. The van der Waals surface area contributed by atoms with E-state index in [0.717, 1.165) is 17.5 Å². The summed E-state index contributed by atoms with van der Waals surface area (Å²) in [7, 11) is 0. The molecule has 0 bridgehead atoms. The van der Waals surface area contributed by atoms with E-state index in [0.29, 0.717) is 5.88 Å². The third kappa shape index (κ3) is 2.56. The maximum Gasteiger partial charge on any atom is 0.0457 e. The first-order valence-electron chi connectivity index (χ1n) is 3.80. The fraction of sp³-hybridized carbons (Fsp3) is 0.300. The van der Waals surface area contributed by atoms with Crippen LogP contribution < -0.4 is 0 Å². The summed E-state index contributed by atoms with van der Waals surface area (Å²) in [4.78, 5) is 3.99. The Kier molecular flexibility index (Phi) is 3.63. The summed E-state index contributed by atoms with van der Waals surface area (Å²) in [6.45, 7) is 2.02. The lowest BCUT2D eigenvalue weighted by Crippen LogP contribution is -1.82. The number of pyridine rings is 1. The van der Waals surface area contributed by atoms with Crippen molar-refractivity contribution in [1.29, 1.82) is 0 Å². The minimum Gasteiger partial charge on any atom is -0.263 e. The fourth-order valence-corrected chi connectivity index (χ4v) is 0.894. The first kappa shape index (κ1) is 9.09. The molecule has 2 heteroatoms. The van der Waals surface area contributed by atoms with Gasteiger partial charge in [-0.25, -0.2) is 0 Å². The summed E-state index contributed by atoms with van der Waals surface area (Å²) in [6.07, 6.45) is 4.27. The van der Waals surface area contributed by atoms with Crippen LogP contribution in [0.25, 0.3) is 0 Å². The topological polar surface area (TPSA) is 12.9 Å². The molecule has 12 heavy (non-hydrogen) atoms. The number of aromatic nitrogens is 1. The van der Waals surface area contributed by atoms with Gasteiger partial charge in [0.2, 0.25) is 0 Å². The van der Waals surface area contributed by atoms with Crippen molar-refractivity contribution in [3.63, 3.8) is 0 Å². The second-order valence-corrected chi connectivity index (χ2v) is 2.81. The van der Waals surface area contributed by atoms with E-state index >= 15 is 0 Å². The van der Waals surface area contributed by atoms with Crippen LogP contribution >= 0.6 is 11.6 Å². The van der Waals surface area contributed by atoms with Crippen molar-refractivity contribution in [2.45, 2.75) is 13.3 Å². The van der Waals surface area contributed by atoms with Crippen LogP contribution in [0.3, 0.4) is 0 Å². The third-order valence-corrected chi connectivity index (χ3v) is 1.67. The van der Waals surface area contributed by atoms with Gasteiger partial charge in [-0.3, -0.25) is 4.98 Å². The smallest absolute Gasteiger partial charge is 0.0457 e. The van der Waals surface area contributed by atoms with Crippen LogP contribution in [0.5, 0.6) is 0 Å². The van der Waals surface area contributed by atoms with Crippen molar-refractivity contribution in [2.24, 2.45) is 0 Å². The molecule has 62 valence electrons. The zero-order chi connectivity index (χ0) is 8.81. The average molecular weight is 180 g/mol. The van der Waals surface area contributed by atoms with Crippen LogP contribution in [-0.4, -0.2) is 10.9 Å². The lowest BCUT2D eigenvalue weighted by molar-refractivity contribution is 1.26. The van der Waals surface area contributed by atoms with E-state index in [1.165, 1.54) is 0 Å². The lowest BCUT2D eigenvalue weighted by atomic mass is 10.2. The van der Waals surface area contributed by atoms with E-state index in [-0.39, 0.29) is 0 Å². The highest BCUT2D eigenvalue weighted by Crippen LogP contribution is 2.01. The summed E-state index contributed by atoms with van der Waals surface area (Å²) >= 11 is 5.49. The lowest BCUT2D eigenvalue weighted by Gasteiger charge is -1.93. The Morgan fingerprint density at radius 2 is 2.42 bits per heavy atom. The molecule has 0 atom stereocenters. The molecular weight excluding hydrogens is 170 g/mol. The van der Waals surface area contributed by atoms with Crippen LogP contribution in [0.1, 0.15) is 17.5 Å². The molecule has 1 rings (SSSR count). The largest absolute Gasteiger partial charge is 0.263 e. The van der Waals surface area contributed by atoms with Gasteiger partial charge in [-0.2, -0.15) is 0 Å². The molecule has 1 aromatic rings. The second-order valence-electron chi connectivity index (χ2n) is 2.43. The first-order valence-corrected chi connectivity index (χ1v) is 4.33. The molecule has 0 saturated heterocycles. The predicted molar refractivity (Wildman–Crippen MR) is 51.2 cm³/mol. The van der Waals surface area contributed by atoms with Crippen molar-refractivity contribution in [3.8, 4) is 11.8 Å². The highest BCUT2D eigenvalue weighted by molar-refractivity contribution is 6.18. The molecule has 0 unspecified atom stereocenters. The summed E-state index contributed by atoms with van der Waals surface area (Å²) < 4.78 is 0. The van der Waals surface area contributed by atoms with Gasteiger partial charge < -0.3 is 0 Å². The van der Waals surface area contributed by atoms with Gasteiger partial charge in [0, 0.05) is 30.3 Å². The van der Waals surface area contributed by atoms with Crippen LogP contribution in [0.2, 0.25) is 0 Å². The summed E-state index contributed by atoms with van der Waals surface area (Å²) in [5, 5.41) is 0. The zero-order valence-electron chi connectivity index (χ0n) is 6.97. The Labute approximate surface area is 77.8 Å². The van der Waals surface area contributed by atoms with Gasteiger partial charge in [0.1, 0.15) is 0 Å². The van der Waals surface area contributed by atoms with Crippen LogP contribution in [0.4, 0.5) is 0 Å². The SMILES string of the molecule is Cc1ccncc1C#CCCCl. The van der Waals surface area contributed by atoms with Crippen molar-refractivity contribution < 1.29 is 0 Å². The van der Waals surface area contributed by atoms with Crippen molar-refractivity contribution in [3.05, 3.63) is 29.6 Å². The normalized spacial score (nSPS) is 8.83. The number of alkyl halides is 1. The monoisotopic (exact) mass is 179 g/mol. The minimum atomic E-state index is 0.590. The number of halogens is 1. The molecule has 0 aliphatic heterocycles. The molecule has 0 amide bonds.